The van der Waals surface area contributed by atoms with Crippen molar-refractivity contribution in [1.82, 2.24) is 4.98 Å². The molecule has 0 aliphatic rings. The molecule has 6 heteroatoms. The first-order valence-electron chi connectivity index (χ1n) is 4.14. The van der Waals surface area contributed by atoms with E-state index in [1.807, 2.05) is 6.92 Å². The van der Waals surface area contributed by atoms with Gasteiger partial charge in [0.25, 0.3) is 0 Å². The quantitative estimate of drug-likeness (QED) is 0.610. The molecule has 14 heavy (non-hydrogen) atoms. The molecule has 0 aliphatic carbocycles. The number of hydrogen-bond donors (Lipinski definition) is 0. The van der Waals surface area contributed by atoms with Gasteiger partial charge in [0.05, 0.1) is 6.61 Å². The predicted molar refractivity (Wildman–Crippen MR) is 57.3 cm³/mol. The van der Waals surface area contributed by atoms with Gasteiger partial charge in [0, 0.05) is 0 Å². The van der Waals surface area contributed by atoms with Gasteiger partial charge in [-0.25, -0.2) is 9.78 Å². The zero-order valence-corrected chi connectivity index (χ0v) is 9.88. The lowest BCUT2D eigenvalue weighted by molar-refractivity contribution is 0.0499. The summed E-state index contributed by atoms with van der Waals surface area (Å²) in [7, 11) is 0. The number of carbonyl (C=O) groups excluding carboxylic acids is 1. The Morgan fingerprint density at radius 3 is 2.79 bits per heavy atom. The van der Waals surface area contributed by atoms with Crippen LogP contribution in [0.3, 0.4) is 0 Å². The van der Waals surface area contributed by atoms with Crippen LogP contribution in [0.4, 0.5) is 0 Å². The van der Waals surface area contributed by atoms with E-state index in [0.29, 0.717) is 10.9 Å². The summed E-state index contributed by atoms with van der Waals surface area (Å²) in [6, 6.07) is 0. The molecule has 0 spiro atoms. The maximum absolute atomic E-state index is 11.3. The number of unbranched alkanes of at least 4 members (excludes halogenated alkanes) is 1. The number of carbonyl (C=O) groups is 1. The van der Waals surface area contributed by atoms with E-state index < -0.39 is 5.97 Å². The van der Waals surface area contributed by atoms with Crippen LogP contribution in [-0.2, 0) is 4.74 Å². The number of esters is 1. The molecular weight excluding hydrogens is 245 g/mol. The zero-order chi connectivity index (χ0) is 10.6. The highest BCUT2D eigenvalue weighted by molar-refractivity contribution is 7.18. The number of halogens is 2. The first kappa shape index (κ1) is 11.8. The Balaban J connectivity index is 2.52. The fraction of sp³-hybridized carbons (Fsp3) is 0.500. The van der Waals surface area contributed by atoms with Gasteiger partial charge in [0.1, 0.15) is 4.34 Å². The van der Waals surface area contributed by atoms with Crippen LogP contribution in [0.1, 0.15) is 29.6 Å². The molecule has 0 aliphatic heterocycles. The highest BCUT2D eigenvalue weighted by Gasteiger charge is 2.15. The average Bonchev–Trinajstić information content (AvgIpc) is 2.47. The van der Waals surface area contributed by atoms with E-state index in [4.69, 9.17) is 27.9 Å². The maximum atomic E-state index is 11.3. The van der Waals surface area contributed by atoms with Crippen LogP contribution >= 0.6 is 34.5 Å². The molecule has 1 aromatic rings. The van der Waals surface area contributed by atoms with Crippen molar-refractivity contribution in [2.24, 2.45) is 0 Å². The second-order valence-corrected chi connectivity index (χ2v) is 4.53. The van der Waals surface area contributed by atoms with E-state index in [1.165, 1.54) is 0 Å². The molecule has 0 aromatic carbocycles. The lowest BCUT2D eigenvalue weighted by atomic mass is 10.4. The van der Waals surface area contributed by atoms with Gasteiger partial charge in [0.15, 0.2) is 5.15 Å². The molecule has 0 unspecified atom stereocenters. The number of nitrogens with zero attached hydrogens (tertiary/aromatic N) is 1. The minimum Gasteiger partial charge on any atom is -0.460 e. The SMILES string of the molecule is CCCCOC(=O)c1nc(Cl)c(Cl)s1. The number of thiazole rings is 1. The Bertz CT molecular complexity index is 308. The van der Waals surface area contributed by atoms with Crippen LogP contribution in [-0.4, -0.2) is 17.6 Å². The van der Waals surface area contributed by atoms with Crippen LogP contribution in [0.25, 0.3) is 0 Å². The summed E-state index contributed by atoms with van der Waals surface area (Å²) in [5, 5.41) is 0.357. The minimum absolute atomic E-state index is 0.152. The Kier molecular flexibility index (Phi) is 4.65. The highest BCUT2D eigenvalue weighted by atomic mass is 35.5. The molecule has 0 amide bonds. The van der Waals surface area contributed by atoms with Crippen LogP contribution in [0.5, 0.6) is 0 Å². The summed E-state index contributed by atoms with van der Waals surface area (Å²) in [6.45, 7) is 2.43. The third-order valence-corrected chi connectivity index (χ3v) is 3.17. The van der Waals surface area contributed by atoms with E-state index in [-0.39, 0.29) is 10.2 Å². The molecule has 0 radical (unpaired) electrons. The fourth-order valence-corrected chi connectivity index (χ4v) is 1.83. The maximum Gasteiger partial charge on any atom is 0.367 e. The molecule has 1 rings (SSSR count). The van der Waals surface area contributed by atoms with Gasteiger partial charge in [-0.1, -0.05) is 47.9 Å². The van der Waals surface area contributed by atoms with E-state index in [0.717, 1.165) is 24.2 Å². The summed E-state index contributed by atoms with van der Waals surface area (Å²) < 4.78 is 5.24. The monoisotopic (exact) mass is 253 g/mol. The lowest BCUT2D eigenvalue weighted by Crippen LogP contribution is -2.05. The fourth-order valence-electron chi connectivity index (χ4n) is 0.741. The zero-order valence-electron chi connectivity index (χ0n) is 7.55. The molecule has 0 saturated heterocycles. The van der Waals surface area contributed by atoms with Crippen LogP contribution in [0, 0.1) is 0 Å². The average molecular weight is 254 g/mol. The van der Waals surface area contributed by atoms with Crippen LogP contribution in [0.2, 0.25) is 9.49 Å². The van der Waals surface area contributed by atoms with E-state index in [2.05, 4.69) is 4.98 Å². The standard InChI is InChI=1S/C8H9Cl2NO2S/c1-2-3-4-13-8(12)7-11-5(9)6(10)14-7/h2-4H2,1H3. The van der Waals surface area contributed by atoms with Crippen molar-refractivity contribution in [1.29, 1.82) is 0 Å². The molecular formula is C8H9Cl2NO2S. The van der Waals surface area contributed by atoms with Gasteiger partial charge >= 0.3 is 5.97 Å². The minimum atomic E-state index is -0.461. The van der Waals surface area contributed by atoms with Crippen molar-refractivity contribution in [3.63, 3.8) is 0 Å². The molecule has 1 heterocycles. The van der Waals surface area contributed by atoms with Gasteiger partial charge in [-0.3, -0.25) is 0 Å². The Morgan fingerprint density at radius 1 is 1.57 bits per heavy atom. The van der Waals surface area contributed by atoms with Crippen LogP contribution < -0.4 is 0 Å². The smallest absolute Gasteiger partial charge is 0.367 e. The van der Waals surface area contributed by atoms with E-state index in [9.17, 15) is 4.79 Å². The van der Waals surface area contributed by atoms with Crippen molar-refractivity contribution in [2.75, 3.05) is 6.61 Å². The van der Waals surface area contributed by atoms with Gasteiger partial charge in [0.2, 0.25) is 5.01 Å². The molecule has 0 N–H and O–H groups in total. The van der Waals surface area contributed by atoms with Gasteiger partial charge in [-0.05, 0) is 6.42 Å². The summed E-state index contributed by atoms with van der Waals surface area (Å²) in [5.41, 5.74) is 0. The topological polar surface area (TPSA) is 39.2 Å². The molecule has 3 nitrogen and oxygen atoms in total. The van der Waals surface area contributed by atoms with Gasteiger partial charge in [-0.15, -0.1) is 0 Å². The first-order valence-corrected chi connectivity index (χ1v) is 5.71. The molecule has 0 fully saturated rings. The van der Waals surface area contributed by atoms with Crippen LogP contribution in [0.15, 0.2) is 0 Å². The number of rotatable bonds is 4. The molecule has 78 valence electrons. The Hall–Kier alpha value is -0.320. The van der Waals surface area contributed by atoms with Gasteiger partial charge < -0.3 is 4.74 Å². The summed E-state index contributed by atoms with van der Waals surface area (Å²) in [6.07, 6.45) is 1.82. The first-order chi connectivity index (χ1) is 6.65. The van der Waals surface area contributed by atoms with E-state index >= 15 is 0 Å². The second-order valence-electron chi connectivity index (χ2n) is 2.57. The molecule has 0 bridgehead atoms. The van der Waals surface area contributed by atoms with Gasteiger partial charge in [-0.2, -0.15) is 0 Å². The number of aromatic nitrogens is 1. The number of ether oxygens (including phenoxy) is 1. The summed E-state index contributed by atoms with van der Waals surface area (Å²) >= 11 is 12.3. The molecule has 1 aromatic heterocycles. The molecule has 0 saturated carbocycles. The number of hydrogen-bond acceptors (Lipinski definition) is 4. The van der Waals surface area contributed by atoms with E-state index in [1.54, 1.807) is 0 Å². The van der Waals surface area contributed by atoms with Crippen molar-refractivity contribution >= 4 is 40.5 Å². The molecule has 0 atom stereocenters. The second kappa shape index (κ2) is 5.53. The summed E-state index contributed by atoms with van der Waals surface area (Å²) in [5.74, 6) is -0.461. The van der Waals surface area contributed by atoms with Crippen molar-refractivity contribution < 1.29 is 9.53 Å². The Labute approximate surface area is 96.0 Å². The van der Waals surface area contributed by atoms with Crippen molar-refractivity contribution in [3.05, 3.63) is 14.5 Å². The lowest BCUT2D eigenvalue weighted by Gasteiger charge is -1.99. The highest BCUT2D eigenvalue weighted by Crippen LogP contribution is 2.28. The third-order valence-electron chi connectivity index (χ3n) is 1.45. The Morgan fingerprint density at radius 2 is 2.29 bits per heavy atom. The van der Waals surface area contributed by atoms with Crippen molar-refractivity contribution in [2.45, 2.75) is 19.8 Å². The summed E-state index contributed by atoms with van der Waals surface area (Å²) in [4.78, 5) is 15.1. The van der Waals surface area contributed by atoms with Crippen molar-refractivity contribution in [3.8, 4) is 0 Å². The predicted octanol–water partition coefficient (Wildman–Crippen LogP) is 3.41. The third kappa shape index (κ3) is 3.12. The normalized spacial score (nSPS) is 10.2. The largest absolute Gasteiger partial charge is 0.460 e.